The van der Waals surface area contributed by atoms with E-state index in [1.807, 2.05) is 26.0 Å². The van der Waals surface area contributed by atoms with Crippen LogP contribution in [0, 0.1) is 37.5 Å². The van der Waals surface area contributed by atoms with Crippen molar-refractivity contribution in [3.63, 3.8) is 0 Å². The molecule has 9 nitrogen and oxygen atoms in total. The van der Waals surface area contributed by atoms with Gasteiger partial charge in [0.1, 0.15) is 5.92 Å². The van der Waals surface area contributed by atoms with Gasteiger partial charge in [-0.25, -0.2) is 0 Å². The number of aromatic amines is 2. The smallest absolute Gasteiger partial charge is 0.321 e. The van der Waals surface area contributed by atoms with Crippen LogP contribution in [0.3, 0.4) is 0 Å². The summed E-state index contributed by atoms with van der Waals surface area (Å²) >= 11 is 0. The zero-order valence-electron chi connectivity index (χ0n) is 25.9. The molecule has 4 atom stereocenters. The topological polar surface area (TPSA) is 136 Å². The molecule has 1 unspecified atom stereocenters. The third kappa shape index (κ3) is 4.32. The van der Waals surface area contributed by atoms with E-state index in [1.54, 1.807) is 0 Å². The van der Waals surface area contributed by atoms with Crippen molar-refractivity contribution in [3.05, 3.63) is 91.4 Å². The number of Topliss-reactive ketones (excluding diaryl/α,β-unsaturated/α-hetero) is 1. The number of carboxylic acids is 1. The molecule has 1 saturated heterocycles. The van der Waals surface area contributed by atoms with Gasteiger partial charge in [-0.3, -0.25) is 14.4 Å². The van der Waals surface area contributed by atoms with Crippen LogP contribution in [0.2, 0.25) is 0 Å². The lowest BCUT2D eigenvalue weighted by atomic mass is 9.85. The molecule has 0 amide bonds. The lowest BCUT2D eigenvalue weighted by Crippen LogP contribution is -2.25. The van der Waals surface area contributed by atoms with Gasteiger partial charge in [0.15, 0.2) is 5.78 Å². The van der Waals surface area contributed by atoms with Crippen molar-refractivity contribution in [2.24, 2.45) is 23.7 Å². The van der Waals surface area contributed by atoms with Crippen LogP contribution in [0.25, 0.3) is 23.8 Å². The number of carboxylic acid groups (broad SMARTS) is 1. The van der Waals surface area contributed by atoms with Gasteiger partial charge < -0.3 is 30.4 Å². The first-order chi connectivity index (χ1) is 21.0. The average molecular weight is 595 g/mol. The van der Waals surface area contributed by atoms with Crippen LogP contribution < -0.4 is 21.2 Å². The van der Waals surface area contributed by atoms with Gasteiger partial charge in [0, 0.05) is 74.8 Å². The van der Waals surface area contributed by atoms with Gasteiger partial charge in [0.25, 0.3) is 0 Å². The Morgan fingerprint density at radius 1 is 1.05 bits per heavy atom. The summed E-state index contributed by atoms with van der Waals surface area (Å²) in [6, 6.07) is 0. The van der Waals surface area contributed by atoms with Crippen LogP contribution in [-0.2, 0) is 14.3 Å². The van der Waals surface area contributed by atoms with E-state index < -0.39 is 17.9 Å². The molecule has 3 aliphatic heterocycles. The first-order valence-electron chi connectivity index (χ1n) is 15.0. The molecular weight excluding hydrogens is 556 g/mol. The molecule has 0 spiro atoms. The van der Waals surface area contributed by atoms with Crippen LogP contribution in [0.15, 0.2) is 47.1 Å². The number of hydrogen-bond donors (Lipinski definition) is 5. The lowest BCUT2D eigenvalue weighted by molar-refractivity contribution is -0.142. The number of carbonyl (C=O) groups excluding carboxylic acids is 2. The summed E-state index contributed by atoms with van der Waals surface area (Å²) in [5.41, 5.74) is 9.71. The highest BCUT2D eigenvalue weighted by atomic mass is 16.5. The highest BCUT2D eigenvalue weighted by Gasteiger charge is 2.48. The summed E-state index contributed by atoms with van der Waals surface area (Å²) in [4.78, 5) is 46.0. The quantitative estimate of drug-likeness (QED) is 0.201. The Labute approximate surface area is 255 Å². The Hall–Kier alpha value is -4.79. The van der Waals surface area contributed by atoms with Gasteiger partial charge in [-0.15, -0.1) is 6.58 Å². The predicted molar refractivity (Wildman–Crippen MR) is 169 cm³/mol. The standard InChI is InChI=1S/C35H38N4O5/c1-8-19-15(3)22-12-24-17(5)21(10-11-28(40)41)32(38-24)30-31(35(43)44-7)34(42)29-18(6)25(39-33(29)30)14-27-20(9-2)16(4)23(37-27)13-26(19)36-22/h8-9,12-14,17,19,21,31,36-39H,1,10-11H2,2-7H3,(H,40,41)/b20-9+,24-12-,26-13-,27-14-,32-30-/t17-,19?,21-,31+/m0/s1. The predicted octanol–water partition coefficient (Wildman–Crippen LogP) is 3.92. The maximum Gasteiger partial charge on any atom is 0.321 e. The van der Waals surface area contributed by atoms with Crippen molar-refractivity contribution in [1.82, 2.24) is 20.6 Å². The monoisotopic (exact) mass is 594 g/mol. The molecule has 44 heavy (non-hydrogen) atoms. The Bertz CT molecular complexity index is 1910. The van der Waals surface area contributed by atoms with Crippen LogP contribution in [0.5, 0.6) is 0 Å². The highest BCUT2D eigenvalue weighted by molar-refractivity contribution is 6.24. The van der Waals surface area contributed by atoms with E-state index in [0.29, 0.717) is 28.9 Å². The minimum atomic E-state index is -1.15. The number of carbonyl (C=O) groups is 3. The number of H-pyrrole nitrogens is 2. The molecule has 1 aliphatic carbocycles. The Kier molecular flexibility index (Phi) is 7.14. The Morgan fingerprint density at radius 2 is 1.77 bits per heavy atom. The number of esters is 1. The number of methoxy groups -OCH3 is 1. The maximum atomic E-state index is 14.0. The Morgan fingerprint density at radius 3 is 2.43 bits per heavy atom. The normalized spacial score (nSPS) is 28.9. The second kappa shape index (κ2) is 10.7. The van der Waals surface area contributed by atoms with E-state index in [0.717, 1.165) is 55.7 Å². The van der Waals surface area contributed by atoms with Crippen LogP contribution in [0.1, 0.15) is 72.2 Å². The summed E-state index contributed by atoms with van der Waals surface area (Å²) in [6.07, 6.45) is 10.5. The van der Waals surface area contributed by atoms with E-state index in [4.69, 9.17) is 4.74 Å². The number of nitrogens with one attached hydrogen (secondary N) is 4. The van der Waals surface area contributed by atoms with E-state index >= 15 is 0 Å². The van der Waals surface area contributed by atoms with Gasteiger partial charge in [-0.05, 0) is 74.3 Å². The zero-order valence-corrected chi connectivity index (χ0v) is 25.9. The molecule has 8 bridgehead atoms. The first-order valence-corrected chi connectivity index (χ1v) is 15.0. The van der Waals surface area contributed by atoms with Crippen molar-refractivity contribution in [2.45, 2.75) is 47.5 Å². The molecule has 5 heterocycles. The molecule has 4 aliphatic rings. The van der Waals surface area contributed by atoms with E-state index in [2.05, 4.69) is 66.2 Å². The molecular formula is C35H38N4O5. The molecule has 2 aromatic rings. The van der Waals surface area contributed by atoms with Gasteiger partial charge in [-0.1, -0.05) is 19.1 Å². The van der Waals surface area contributed by atoms with Crippen molar-refractivity contribution in [2.75, 3.05) is 7.11 Å². The summed E-state index contributed by atoms with van der Waals surface area (Å²) in [7, 11) is 1.28. The van der Waals surface area contributed by atoms with Crippen LogP contribution >= 0.6 is 0 Å². The zero-order chi connectivity index (χ0) is 31.6. The van der Waals surface area contributed by atoms with Gasteiger partial charge in [0.2, 0.25) is 0 Å². The third-order valence-electron chi connectivity index (χ3n) is 9.78. The second-order valence-corrected chi connectivity index (χ2v) is 12.1. The molecule has 9 heteroatoms. The fourth-order valence-electron chi connectivity index (χ4n) is 7.31. The van der Waals surface area contributed by atoms with Crippen LogP contribution in [-0.4, -0.2) is 39.9 Å². The molecule has 2 aromatic heterocycles. The van der Waals surface area contributed by atoms with Gasteiger partial charge in [0.05, 0.1) is 12.8 Å². The molecule has 1 fully saturated rings. The molecule has 6 rings (SSSR count). The molecule has 0 saturated carbocycles. The molecule has 0 aromatic carbocycles. The molecule has 0 radical (unpaired) electrons. The van der Waals surface area contributed by atoms with Crippen LogP contribution in [0.4, 0.5) is 0 Å². The molecule has 5 N–H and O–H groups in total. The summed E-state index contributed by atoms with van der Waals surface area (Å²) in [5.74, 6) is -3.43. The number of fused-ring (bicyclic) bond motifs is 7. The van der Waals surface area contributed by atoms with Crippen molar-refractivity contribution in [1.29, 1.82) is 0 Å². The number of ketones is 1. The number of aliphatic carboxylic acids is 1. The van der Waals surface area contributed by atoms with Gasteiger partial charge >= 0.3 is 11.9 Å². The number of rotatable bonds is 5. The van der Waals surface area contributed by atoms with E-state index in [1.165, 1.54) is 7.11 Å². The number of hydrogen-bond acceptors (Lipinski definition) is 6. The fraction of sp³-hybridized carbons (Fsp3) is 0.343. The number of ether oxygens (including phenoxy) is 1. The number of aromatic nitrogens is 2. The lowest BCUT2D eigenvalue weighted by Gasteiger charge is -2.19. The van der Waals surface area contributed by atoms with Crippen molar-refractivity contribution in [3.8, 4) is 0 Å². The van der Waals surface area contributed by atoms with E-state index in [-0.39, 0.29) is 30.0 Å². The fourth-order valence-corrected chi connectivity index (χ4v) is 7.31. The van der Waals surface area contributed by atoms with Gasteiger partial charge in [-0.2, -0.15) is 0 Å². The SMILES string of the molecule is C=CC1C(C)=C2/C=C3\N/C(=C4\c5[nH]c(c(C)c5C(=O)[C@@H]4C(=O)OC)/C=c4\[nH]c(c(C)\c4=C/C)/C=C/1N2)[C@@H](CCC(=O)O)[C@@H]3C. The highest BCUT2D eigenvalue weighted by Crippen LogP contribution is 2.48. The van der Waals surface area contributed by atoms with Crippen molar-refractivity contribution >= 4 is 41.5 Å². The van der Waals surface area contributed by atoms with Crippen molar-refractivity contribution < 1.29 is 24.2 Å². The van der Waals surface area contributed by atoms with E-state index in [9.17, 15) is 19.5 Å². The summed E-state index contributed by atoms with van der Waals surface area (Å²) < 4.78 is 5.15. The molecule has 228 valence electrons. The minimum absolute atomic E-state index is 0.0226. The average Bonchev–Trinajstić information content (AvgIpc) is 3.72. The maximum absolute atomic E-state index is 14.0. The minimum Gasteiger partial charge on any atom is -0.481 e. The Balaban J connectivity index is 1.71. The third-order valence-corrected chi connectivity index (χ3v) is 9.78. The first kappa shape index (κ1) is 29.3. The largest absolute Gasteiger partial charge is 0.481 e. The summed E-state index contributed by atoms with van der Waals surface area (Å²) in [6.45, 7) is 14.2. The summed E-state index contributed by atoms with van der Waals surface area (Å²) in [5, 5.41) is 18.7. The number of allylic oxidation sites excluding steroid dienone is 4. The second-order valence-electron chi connectivity index (χ2n) is 12.1.